The van der Waals surface area contributed by atoms with E-state index in [0.717, 1.165) is 16.9 Å². The van der Waals surface area contributed by atoms with Crippen molar-refractivity contribution in [2.75, 3.05) is 30.0 Å². The van der Waals surface area contributed by atoms with Crippen LogP contribution < -0.4 is 25.0 Å². The maximum absolute atomic E-state index is 12.4. The summed E-state index contributed by atoms with van der Waals surface area (Å²) >= 11 is 0. The molecule has 2 aliphatic rings. The summed E-state index contributed by atoms with van der Waals surface area (Å²) in [5.41, 5.74) is 2.53. The van der Waals surface area contributed by atoms with Crippen LogP contribution in [0.5, 0.6) is 11.5 Å². The van der Waals surface area contributed by atoms with E-state index in [4.69, 9.17) is 9.47 Å². The van der Waals surface area contributed by atoms with E-state index in [2.05, 4.69) is 10.6 Å². The molecule has 7 nitrogen and oxygen atoms in total. The lowest BCUT2D eigenvalue weighted by molar-refractivity contribution is -0.117. The molecule has 0 radical (unpaired) electrons. The molecule has 4 rings (SSSR count). The summed E-state index contributed by atoms with van der Waals surface area (Å²) in [5, 5.41) is 5.67. The minimum Gasteiger partial charge on any atom is -0.486 e. The maximum Gasteiger partial charge on any atom is 0.319 e. The number of carbonyl (C=O) groups is 2. The Hall–Kier alpha value is -3.22. The first-order valence-corrected chi connectivity index (χ1v) is 8.93. The van der Waals surface area contributed by atoms with Gasteiger partial charge >= 0.3 is 6.03 Å². The topological polar surface area (TPSA) is 79.9 Å². The lowest BCUT2D eigenvalue weighted by Gasteiger charge is -2.22. The minimum absolute atomic E-state index is 0.0347. The second-order valence-corrected chi connectivity index (χ2v) is 6.70. The number of benzene rings is 2. The quantitative estimate of drug-likeness (QED) is 0.874. The number of aryl methyl sites for hydroxylation is 1. The highest BCUT2D eigenvalue weighted by Gasteiger charge is 2.32. The number of anilines is 2. The Labute approximate surface area is 157 Å². The van der Waals surface area contributed by atoms with Gasteiger partial charge in [0, 0.05) is 30.4 Å². The van der Waals surface area contributed by atoms with Gasteiger partial charge in [-0.25, -0.2) is 4.79 Å². The van der Waals surface area contributed by atoms with Gasteiger partial charge in [0.1, 0.15) is 13.2 Å². The SMILES string of the molecule is Cc1cccc(NC(=O)NC2CC(=O)N(c3ccc4c(c3)OCCO4)C2)c1. The van der Waals surface area contributed by atoms with Crippen LogP contribution in [0.3, 0.4) is 0 Å². The lowest BCUT2D eigenvalue weighted by atomic mass is 10.2. The molecule has 1 unspecified atom stereocenters. The predicted molar refractivity (Wildman–Crippen MR) is 102 cm³/mol. The molecule has 2 aliphatic heterocycles. The molecule has 0 saturated carbocycles. The third-order valence-electron chi connectivity index (χ3n) is 4.57. The van der Waals surface area contributed by atoms with E-state index >= 15 is 0 Å². The fourth-order valence-electron chi connectivity index (χ4n) is 3.33. The molecule has 2 aromatic carbocycles. The normalized spacial score (nSPS) is 18.3. The Balaban J connectivity index is 1.39. The minimum atomic E-state index is -0.317. The molecule has 1 saturated heterocycles. The van der Waals surface area contributed by atoms with Gasteiger partial charge in [-0.05, 0) is 36.8 Å². The molecule has 0 bridgehead atoms. The average molecular weight is 367 g/mol. The van der Waals surface area contributed by atoms with Gasteiger partial charge in [0.25, 0.3) is 0 Å². The molecular formula is C20H21N3O4. The summed E-state index contributed by atoms with van der Waals surface area (Å²) < 4.78 is 11.1. The Bertz CT molecular complexity index is 883. The smallest absolute Gasteiger partial charge is 0.319 e. The zero-order valence-corrected chi connectivity index (χ0v) is 15.0. The molecule has 1 fully saturated rings. The molecule has 0 aromatic heterocycles. The van der Waals surface area contributed by atoms with Gasteiger partial charge in [-0.3, -0.25) is 4.79 Å². The van der Waals surface area contributed by atoms with Crippen molar-refractivity contribution in [2.45, 2.75) is 19.4 Å². The molecule has 140 valence electrons. The van der Waals surface area contributed by atoms with Gasteiger partial charge in [0.05, 0.1) is 6.04 Å². The van der Waals surface area contributed by atoms with Crippen molar-refractivity contribution in [3.63, 3.8) is 0 Å². The van der Waals surface area contributed by atoms with Crippen molar-refractivity contribution in [1.29, 1.82) is 0 Å². The van der Waals surface area contributed by atoms with Crippen LogP contribution in [0.15, 0.2) is 42.5 Å². The number of amides is 3. The van der Waals surface area contributed by atoms with E-state index in [-0.39, 0.29) is 24.4 Å². The Morgan fingerprint density at radius 1 is 1.11 bits per heavy atom. The number of hydrogen-bond donors (Lipinski definition) is 2. The van der Waals surface area contributed by atoms with Crippen molar-refractivity contribution in [1.82, 2.24) is 5.32 Å². The summed E-state index contributed by atoms with van der Waals surface area (Å²) in [7, 11) is 0. The fraction of sp³-hybridized carbons (Fsp3) is 0.300. The number of nitrogens with zero attached hydrogens (tertiary/aromatic N) is 1. The van der Waals surface area contributed by atoms with Gasteiger partial charge in [-0.15, -0.1) is 0 Å². The fourth-order valence-corrected chi connectivity index (χ4v) is 3.33. The van der Waals surface area contributed by atoms with E-state index < -0.39 is 0 Å². The molecule has 2 aromatic rings. The Morgan fingerprint density at radius 3 is 2.74 bits per heavy atom. The van der Waals surface area contributed by atoms with Crippen LogP contribution in [-0.4, -0.2) is 37.7 Å². The molecule has 0 aliphatic carbocycles. The van der Waals surface area contributed by atoms with E-state index in [0.29, 0.717) is 31.3 Å². The zero-order valence-electron chi connectivity index (χ0n) is 15.0. The molecule has 2 N–H and O–H groups in total. The number of carbonyl (C=O) groups excluding carboxylic acids is 2. The highest BCUT2D eigenvalue weighted by atomic mass is 16.6. The number of rotatable bonds is 3. The van der Waals surface area contributed by atoms with Crippen molar-refractivity contribution in [3.8, 4) is 11.5 Å². The first kappa shape index (κ1) is 17.2. The predicted octanol–water partition coefficient (Wildman–Crippen LogP) is 2.69. The Kier molecular flexibility index (Phi) is 4.58. The number of hydrogen-bond acceptors (Lipinski definition) is 4. The summed E-state index contributed by atoms with van der Waals surface area (Å²) in [6, 6.07) is 12.4. The van der Waals surface area contributed by atoms with Gasteiger partial charge in [-0.1, -0.05) is 12.1 Å². The highest BCUT2D eigenvalue weighted by molar-refractivity contribution is 5.98. The van der Waals surface area contributed by atoms with Crippen LogP contribution in [0.4, 0.5) is 16.2 Å². The van der Waals surface area contributed by atoms with Crippen molar-refractivity contribution in [2.24, 2.45) is 0 Å². The number of ether oxygens (including phenoxy) is 2. The zero-order chi connectivity index (χ0) is 18.8. The first-order valence-electron chi connectivity index (χ1n) is 8.93. The summed E-state index contributed by atoms with van der Waals surface area (Å²) in [5.74, 6) is 1.29. The van der Waals surface area contributed by atoms with E-state index in [1.165, 1.54) is 0 Å². The van der Waals surface area contributed by atoms with Gasteiger partial charge < -0.3 is 25.0 Å². The van der Waals surface area contributed by atoms with Crippen LogP contribution in [0, 0.1) is 6.92 Å². The van der Waals surface area contributed by atoms with Crippen molar-refractivity contribution >= 4 is 23.3 Å². The van der Waals surface area contributed by atoms with Gasteiger partial charge in [0.15, 0.2) is 11.5 Å². The summed E-state index contributed by atoms with van der Waals surface area (Å²) in [4.78, 5) is 26.3. The van der Waals surface area contributed by atoms with Crippen molar-refractivity contribution in [3.05, 3.63) is 48.0 Å². The van der Waals surface area contributed by atoms with E-state index in [1.54, 1.807) is 4.90 Å². The second-order valence-electron chi connectivity index (χ2n) is 6.70. The first-order chi connectivity index (χ1) is 13.1. The van der Waals surface area contributed by atoms with Crippen molar-refractivity contribution < 1.29 is 19.1 Å². The van der Waals surface area contributed by atoms with Crippen LogP contribution in [0.2, 0.25) is 0 Å². The van der Waals surface area contributed by atoms with E-state index in [9.17, 15) is 9.59 Å². The molecule has 3 amide bonds. The molecule has 1 atom stereocenters. The maximum atomic E-state index is 12.4. The number of urea groups is 1. The molecule has 0 spiro atoms. The third kappa shape index (κ3) is 3.81. The molecular weight excluding hydrogens is 346 g/mol. The van der Waals surface area contributed by atoms with Gasteiger partial charge in [0.2, 0.25) is 5.91 Å². The van der Waals surface area contributed by atoms with Crippen LogP contribution in [-0.2, 0) is 4.79 Å². The summed E-state index contributed by atoms with van der Waals surface area (Å²) in [6.45, 7) is 3.40. The van der Waals surface area contributed by atoms with Crippen LogP contribution in [0.1, 0.15) is 12.0 Å². The number of nitrogens with one attached hydrogen (secondary N) is 2. The monoisotopic (exact) mass is 367 g/mol. The molecule has 7 heteroatoms. The second kappa shape index (κ2) is 7.19. The Morgan fingerprint density at radius 2 is 1.93 bits per heavy atom. The number of fused-ring (bicyclic) bond motifs is 1. The van der Waals surface area contributed by atoms with Gasteiger partial charge in [-0.2, -0.15) is 0 Å². The van der Waals surface area contributed by atoms with Crippen LogP contribution in [0.25, 0.3) is 0 Å². The summed E-state index contributed by atoms with van der Waals surface area (Å²) in [6.07, 6.45) is 0.260. The third-order valence-corrected chi connectivity index (χ3v) is 4.57. The lowest BCUT2D eigenvalue weighted by Crippen LogP contribution is -2.39. The standard InChI is InChI=1S/C20H21N3O4/c1-13-3-2-4-14(9-13)21-20(25)22-15-10-19(24)23(12-15)16-5-6-17-18(11-16)27-8-7-26-17/h2-6,9,11,15H,7-8,10,12H2,1H3,(H2,21,22,25). The largest absolute Gasteiger partial charge is 0.486 e. The van der Waals surface area contributed by atoms with Crippen LogP contribution >= 0.6 is 0 Å². The molecule has 2 heterocycles. The molecule has 27 heavy (non-hydrogen) atoms. The highest BCUT2D eigenvalue weighted by Crippen LogP contribution is 2.35. The average Bonchev–Trinajstić information content (AvgIpc) is 3.01. The van der Waals surface area contributed by atoms with E-state index in [1.807, 2.05) is 49.4 Å².